The summed E-state index contributed by atoms with van der Waals surface area (Å²) in [5.74, 6) is 0.174. The summed E-state index contributed by atoms with van der Waals surface area (Å²) in [5.41, 5.74) is 0.539. The van der Waals surface area contributed by atoms with Gasteiger partial charge in [0.2, 0.25) is 0 Å². The van der Waals surface area contributed by atoms with Gasteiger partial charge >= 0.3 is 11.7 Å². The van der Waals surface area contributed by atoms with Crippen molar-refractivity contribution in [2.75, 3.05) is 0 Å². The van der Waals surface area contributed by atoms with E-state index in [1.54, 1.807) is 0 Å². The zero-order valence-electron chi connectivity index (χ0n) is 15.5. The average Bonchev–Trinajstić information content (AvgIpc) is 2.90. The third-order valence-electron chi connectivity index (χ3n) is 6.72. The first-order valence-corrected chi connectivity index (χ1v) is 9.15. The number of hydrogen-bond donors (Lipinski definition) is 0. The Balaban J connectivity index is 1.50. The zero-order chi connectivity index (χ0) is 19.5. The van der Waals surface area contributed by atoms with Gasteiger partial charge in [0.1, 0.15) is 12.6 Å². The minimum Gasteiger partial charge on any atom is -0.461 e. The van der Waals surface area contributed by atoms with E-state index in [-0.39, 0.29) is 29.8 Å². The van der Waals surface area contributed by atoms with E-state index >= 15 is 0 Å². The van der Waals surface area contributed by atoms with Gasteiger partial charge in [0.15, 0.2) is 5.58 Å². The van der Waals surface area contributed by atoms with Crippen LogP contribution in [0.25, 0.3) is 11.1 Å². The molecule has 1 heterocycles. The lowest BCUT2D eigenvalue weighted by molar-refractivity contribution is -0.384. The first kappa shape index (κ1) is 17.8. The third kappa shape index (κ3) is 2.74. The first-order valence-electron chi connectivity index (χ1n) is 9.15. The molecule has 3 aliphatic rings. The molecule has 0 amide bonds. The minimum atomic E-state index is -0.733. The van der Waals surface area contributed by atoms with Crippen molar-refractivity contribution in [2.45, 2.75) is 46.3 Å². The fraction of sp³-hybridized carbons (Fsp3) is 0.579. The molecule has 5 rings (SSSR count). The Morgan fingerprint density at radius 1 is 1.41 bits per heavy atom. The van der Waals surface area contributed by atoms with E-state index in [2.05, 4.69) is 20.8 Å². The van der Waals surface area contributed by atoms with Gasteiger partial charge in [-0.25, -0.2) is 4.79 Å². The molecule has 0 aliphatic heterocycles. The monoisotopic (exact) mass is 374 g/mol. The molecular weight excluding hydrogens is 352 g/mol. The van der Waals surface area contributed by atoms with E-state index in [1.165, 1.54) is 24.6 Å². The van der Waals surface area contributed by atoms with Gasteiger partial charge in [-0.2, -0.15) is 0 Å². The van der Waals surface area contributed by atoms with Crippen molar-refractivity contribution in [3.8, 4) is 0 Å². The molecule has 1 aromatic heterocycles. The summed E-state index contributed by atoms with van der Waals surface area (Å²) in [5, 5.41) is 10.8. The summed E-state index contributed by atoms with van der Waals surface area (Å²) in [6.07, 6.45) is 1.90. The Morgan fingerprint density at radius 3 is 2.78 bits per heavy atom. The summed E-state index contributed by atoms with van der Waals surface area (Å²) in [4.78, 5) is 34.8. The normalized spacial score (nSPS) is 28.6. The Hall–Kier alpha value is -2.64. The van der Waals surface area contributed by atoms with Gasteiger partial charge in [-0.15, -0.1) is 0 Å². The van der Waals surface area contributed by atoms with Crippen LogP contribution >= 0.6 is 0 Å². The Bertz CT molecular complexity index is 988. The molecule has 0 radical (unpaired) electrons. The van der Waals surface area contributed by atoms with Crippen LogP contribution in [0.1, 0.15) is 33.6 Å². The van der Waals surface area contributed by atoms with Crippen LogP contribution in [0.5, 0.6) is 0 Å². The van der Waals surface area contributed by atoms with Crippen molar-refractivity contribution < 1.29 is 18.9 Å². The Labute approximate surface area is 155 Å². The molecule has 3 saturated carbocycles. The van der Waals surface area contributed by atoms with Crippen molar-refractivity contribution in [3.05, 3.63) is 38.9 Å². The summed E-state index contributed by atoms with van der Waals surface area (Å²) in [7, 11) is 0. The molecule has 0 unspecified atom stereocenters. The molecule has 8 heteroatoms. The number of fused-ring (bicyclic) bond motifs is 3. The molecule has 2 bridgehead atoms. The van der Waals surface area contributed by atoms with E-state index in [0.717, 1.165) is 11.0 Å². The number of oxazole rings is 1. The predicted octanol–water partition coefficient (Wildman–Crippen LogP) is 3.12. The van der Waals surface area contributed by atoms with Crippen LogP contribution < -0.4 is 5.76 Å². The summed E-state index contributed by atoms with van der Waals surface area (Å²) >= 11 is 0. The number of nitro benzene ring substituents is 1. The van der Waals surface area contributed by atoms with Gasteiger partial charge < -0.3 is 9.15 Å². The molecular formula is C19H22N2O6. The van der Waals surface area contributed by atoms with Crippen molar-refractivity contribution in [2.24, 2.45) is 23.2 Å². The average molecular weight is 374 g/mol. The lowest BCUT2D eigenvalue weighted by Crippen LogP contribution is -2.57. The van der Waals surface area contributed by atoms with Crippen LogP contribution in [0.2, 0.25) is 0 Å². The molecule has 1 aromatic carbocycles. The Kier molecular flexibility index (Phi) is 3.90. The molecule has 4 atom stereocenters. The SMILES string of the molecule is C[C@H]1[C@@H](OC(=O)Cn2c(=O)oc3cc([N+](=O)[O-])ccc32)C[C@H]2C[C@H]1C2(C)C. The zero-order valence-corrected chi connectivity index (χ0v) is 15.5. The number of rotatable bonds is 4. The Morgan fingerprint density at radius 2 is 2.15 bits per heavy atom. The van der Waals surface area contributed by atoms with Gasteiger partial charge in [0.25, 0.3) is 5.69 Å². The van der Waals surface area contributed by atoms with E-state index in [9.17, 15) is 19.7 Å². The largest absolute Gasteiger partial charge is 0.461 e. The number of aromatic nitrogens is 1. The quantitative estimate of drug-likeness (QED) is 0.463. The molecule has 8 nitrogen and oxygen atoms in total. The maximum atomic E-state index is 12.4. The predicted molar refractivity (Wildman–Crippen MR) is 96.2 cm³/mol. The fourth-order valence-corrected chi connectivity index (χ4v) is 4.91. The number of benzene rings is 1. The van der Waals surface area contributed by atoms with Gasteiger partial charge in [0, 0.05) is 6.07 Å². The molecule has 144 valence electrons. The maximum absolute atomic E-state index is 12.4. The number of ether oxygens (including phenoxy) is 1. The highest BCUT2D eigenvalue weighted by atomic mass is 16.6. The number of non-ortho nitro benzene ring substituents is 1. The van der Waals surface area contributed by atoms with E-state index in [4.69, 9.17) is 9.15 Å². The highest BCUT2D eigenvalue weighted by Gasteiger charge is 2.57. The lowest BCUT2D eigenvalue weighted by atomic mass is 9.45. The first-order chi connectivity index (χ1) is 12.7. The highest BCUT2D eigenvalue weighted by Crippen LogP contribution is 2.61. The standard InChI is InChI=1S/C19H22N2O6/c1-10-13-6-11(19(13,2)3)7-15(10)26-17(22)9-20-14-5-4-12(21(24)25)8-16(14)27-18(20)23/h4-5,8,10-11,13,15H,6-7,9H2,1-3H3/t10-,11-,13-,15+/m1/s1. The van der Waals surface area contributed by atoms with Gasteiger partial charge in [0.05, 0.1) is 16.5 Å². The van der Waals surface area contributed by atoms with Gasteiger partial charge in [-0.3, -0.25) is 19.5 Å². The van der Waals surface area contributed by atoms with Gasteiger partial charge in [-0.1, -0.05) is 20.8 Å². The summed E-state index contributed by atoms with van der Waals surface area (Å²) in [6, 6.07) is 3.86. The molecule has 0 saturated heterocycles. The van der Waals surface area contributed by atoms with Crippen LogP contribution in [0.3, 0.4) is 0 Å². The van der Waals surface area contributed by atoms with E-state index < -0.39 is 16.6 Å². The number of nitro groups is 1. The fourth-order valence-electron chi connectivity index (χ4n) is 4.91. The maximum Gasteiger partial charge on any atom is 0.420 e. The lowest BCUT2D eigenvalue weighted by Gasteiger charge is -2.61. The van der Waals surface area contributed by atoms with Crippen LogP contribution in [0, 0.1) is 33.3 Å². The third-order valence-corrected chi connectivity index (χ3v) is 6.72. The van der Waals surface area contributed by atoms with Crippen LogP contribution in [-0.4, -0.2) is 21.6 Å². The van der Waals surface area contributed by atoms with Crippen molar-refractivity contribution >= 4 is 22.8 Å². The van der Waals surface area contributed by atoms with E-state index in [0.29, 0.717) is 22.8 Å². The molecule has 0 spiro atoms. The van der Waals surface area contributed by atoms with E-state index in [1.807, 2.05) is 0 Å². The molecule has 3 aliphatic carbocycles. The number of carbonyl (C=O) groups is 1. The number of nitrogens with zero attached hydrogens (tertiary/aromatic N) is 2. The summed E-state index contributed by atoms with van der Waals surface area (Å²) in [6.45, 7) is 6.40. The number of esters is 1. The summed E-state index contributed by atoms with van der Waals surface area (Å²) < 4.78 is 11.9. The molecule has 27 heavy (non-hydrogen) atoms. The van der Waals surface area contributed by atoms with Crippen LogP contribution in [0.15, 0.2) is 27.4 Å². The second-order valence-corrected chi connectivity index (χ2v) is 8.35. The smallest absolute Gasteiger partial charge is 0.420 e. The van der Waals surface area contributed by atoms with Gasteiger partial charge in [-0.05, 0) is 42.1 Å². The van der Waals surface area contributed by atoms with Crippen molar-refractivity contribution in [1.82, 2.24) is 4.57 Å². The highest BCUT2D eigenvalue weighted by molar-refractivity contribution is 5.78. The topological polar surface area (TPSA) is 105 Å². The number of carbonyl (C=O) groups excluding carboxylic acids is 1. The van der Waals surface area contributed by atoms with Crippen LogP contribution in [0.4, 0.5) is 5.69 Å². The van der Waals surface area contributed by atoms with Crippen LogP contribution in [-0.2, 0) is 16.1 Å². The molecule has 3 fully saturated rings. The second kappa shape index (κ2) is 5.94. The van der Waals surface area contributed by atoms with Crippen molar-refractivity contribution in [3.63, 3.8) is 0 Å². The second-order valence-electron chi connectivity index (χ2n) is 8.35. The van der Waals surface area contributed by atoms with Crippen molar-refractivity contribution in [1.29, 1.82) is 0 Å². The molecule has 2 aromatic rings. The number of hydrogen-bond acceptors (Lipinski definition) is 6. The molecule has 0 N–H and O–H groups in total. The minimum absolute atomic E-state index is 0.0797.